The molecule has 0 saturated carbocycles. The number of benzene rings is 4. The van der Waals surface area contributed by atoms with Gasteiger partial charge >= 0.3 is 6.36 Å². The van der Waals surface area contributed by atoms with Crippen molar-refractivity contribution < 1.29 is 36.3 Å². The molecule has 57 heavy (non-hydrogen) atoms. The molecule has 0 fully saturated rings. The lowest BCUT2D eigenvalue weighted by atomic mass is 9.93. The Labute approximate surface area is 324 Å². The van der Waals surface area contributed by atoms with Crippen molar-refractivity contribution in [2.45, 2.75) is 44.9 Å². The number of anilines is 2. The average molecular weight is 773 g/mol. The Balaban J connectivity index is 0.000000149. The van der Waals surface area contributed by atoms with Gasteiger partial charge < -0.3 is 14.5 Å². The highest BCUT2D eigenvalue weighted by Crippen LogP contribution is 2.42. The Bertz CT molecular complexity index is 2610. The second-order valence-corrected chi connectivity index (χ2v) is 14.5. The van der Waals surface area contributed by atoms with Crippen LogP contribution in [0, 0.1) is 11.6 Å². The number of aryl methyl sites for hydroxylation is 2. The summed E-state index contributed by atoms with van der Waals surface area (Å²) in [6.07, 6.45) is 6.26. The third-order valence-electron chi connectivity index (χ3n) is 10.9. The number of hydrogen-bond donors (Lipinski definition) is 0. The molecule has 2 aromatic heterocycles. The van der Waals surface area contributed by atoms with Crippen molar-refractivity contribution in [1.29, 1.82) is 0 Å². The van der Waals surface area contributed by atoms with Crippen LogP contribution in [0.1, 0.15) is 35.1 Å². The zero-order chi connectivity index (χ0) is 39.4. The van der Waals surface area contributed by atoms with E-state index in [2.05, 4.69) is 39.0 Å². The second kappa shape index (κ2) is 14.3. The van der Waals surface area contributed by atoms with Gasteiger partial charge in [0.25, 0.3) is 0 Å². The maximum Gasteiger partial charge on any atom is 0.573 e. The number of amides is 2. The number of carbonyl (C=O) groups excluding carboxylic acids is 2. The smallest absolute Gasteiger partial charge is 0.406 e. The van der Waals surface area contributed by atoms with Crippen LogP contribution in [-0.2, 0) is 35.3 Å². The van der Waals surface area contributed by atoms with Crippen molar-refractivity contribution in [2.24, 2.45) is 0 Å². The molecule has 0 aliphatic carbocycles. The molecule has 12 heteroatoms. The van der Waals surface area contributed by atoms with Crippen molar-refractivity contribution in [3.63, 3.8) is 0 Å². The van der Waals surface area contributed by atoms with Gasteiger partial charge in [-0.3, -0.25) is 19.6 Å². The molecule has 0 saturated heterocycles. The van der Waals surface area contributed by atoms with Crippen molar-refractivity contribution in [3.05, 3.63) is 138 Å². The highest BCUT2D eigenvalue weighted by atomic mass is 19.4. The van der Waals surface area contributed by atoms with Crippen LogP contribution in [0.15, 0.2) is 104 Å². The van der Waals surface area contributed by atoms with Crippen LogP contribution in [0.2, 0.25) is 0 Å². The Kier molecular flexibility index (Phi) is 9.06. The first-order valence-corrected chi connectivity index (χ1v) is 18.6. The number of nitrogens with zero attached hydrogens (tertiary/aromatic N) is 4. The molecule has 4 aliphatic heterocycles. The Morgan fingerprint density at radius 1 is 0.491 bits per heavy atom. The molecule has 0 unspecified atom stereocenters. The van der Waals surface area contributed by atoms with Gasteiger partial charge in [-0.1, -0.05) is 18.2 Å². The summed E-state index contributed by atoms with van der Waals surface area (Å²) in [6.45, 7) is 1.46. The highest BCUT2D eigenvalue weighted by Gasteiger charge is 2.33. The second-order valence-electron chi connectivity index (χ2n) is 14.5. The topological polar surface area (TPSA) is 75.6 Å². The average Bonchev–Trinajstić information content (AvgIpc) is 3.85. The molecule has 2 amide bonds. The molecule has 4 aliphatic rings. The summed E-state index contributed by atoms with van der Waals surface area (Å²) in [5, 5.41) is 0. The third kappa shape index (κ3) is 7.11. The van der Waals surface area contributed by atoms with Gasteiger partial charge in [0.2, 0.25) is 11.8 Å². The molecule has 10 rings (SSSR count). The summed E-state index contributed by atoms with van der Waals surface area (Å²) in [5.41, 5.74) is 13.3. The maximum atomic E-state index is 13.6. The summed E-state index contributed by atoms with van der Waals surface area (Å²) >= 11 is 0. The molecular formula is C45H33F5N4O3. The summed E-state index contributed by atoms with van der Waals surface area (Å²) in [4.78, 5) is 36.6. The van der Waals surface area contributed by atoms with Gasteiger partial charge in [0.05, 0.1) is 11.4 Å². The first-order chi connectivity index (χ1) is 27.5. The van der Waals surface area contributed by atoms with E-state index in [4.69, 9.17) is 0 Å². The summed E-state index contributed by atoms with van der Waals surface area (Å²) in [5.74, 6) is -1.61. The zero-order valence-corrected chi connectivity index (χ0v) is 30.4. The summed E-state index contributed by atoms with van der Waals surface area (Å²) in [7, 11) is 0. The van der Waals surface area contributed by atoms with E-state index in [0.717, 1.165) is 95.2 Å². The molecule has 0 radical (unpaired) electrons. The number of pyridine rings is 2. The minimum atomic E-state index is -4.74. The fourth-order valence-electron chi connectivity index (χ4n) is 8.31. The predicted molar refractivity (Wildman–Crippen MR) is 206 cm³/mol. The van der Waals surface area contributed by atoms with Crippen molar-refractivity contribution in [1.82, 2.24) is 9.97 Å². The Morgan fingerprint density at radius 3 is 1.46 bits per heavy atom. The van der Waals surface area contributed by atoms with Crippen LogP contribution in [0.3, 0.4) is 0 Å². The Hall–Kier alpha value is -6.43. The number of halogens is 5. The molecular weight excluding hydrogens is 740 g/mol. The van der Waals surface area contributed by atoms with E-state index < -0.39 is 18.0 Å². The predicted octanol–water partition coefficient (Wildman–Crippen LogP) is 9.68. The minimum Gasteiger partial charge on any atom is -0.406 e. The van der Waals surface area contributed by atoms with Gasteiger partial charge in [0, 0.05) is 73.0 Å². The monoisotopic (exact) mass is 772 g/mol. The minimum absolute atomic E-state index is 0.179. The molecule has 7 nitrogen and oxygen atoms in total. The lowest BCUT2D eigenvalue weighted by molar-refractivity contribution is -0.274. The van der Waals surface area contributed by atoms with E-state index in [1.165, 1.54) is 35.4 Å². The van der Waals surface area contributed by atoms with Crippen LogP contribution in [0.25, 0.3) is 44.5 Å². The van der Waals surface area contributed by atoms with Crippen LogP contribution in [-0.4, -0.2) is 41.2 Å². The van der Waals surface area contributed by atoms with Gasteiger partial charge in [0.1, 0.15) is 5.75 Å². The fraction of sp³-hybridized carbons (Fsp3) is 0.200. The van der Waals surface area contributed by atoms with Crippen LogP contribution < -0.4 is 14.5 Å². The maximum absolute atomic E-state index is 13.6. The molecule has 4 aromatic carbocycles. The standard InChI is InChI=1S/C23H17F3N2O2.C22H16F2N2O/c24-23(25,26)30-20-3-1-2-14(11-20)18-10-19(13-27-12-18)17-8-15-4-5-21(29)28-7-6-16(9-17)22(15)28;23-19-3-1-13(10-20(19)24)17-9-18(12-25-11-17)16-7-14-2-4-21(27)26-6-5-15(8-16)22(14)26/h1-3,8-13H,4-7H2;1,3,7-12H,2,4-6H2. The van der Waals surface area contributed by atoms with Crippen LogP contribution in [0.5, 0.6) is 5.75 Å². The lowest BCUT2D eigenvalue weighted by Gasteiger charge is -2.25. The van der Waals surface area contributed by atoms with Gasteiger partial charge in [0.15, 0.2) is 11.6 Å². The zero-order valence-electron chi connectivity index (χ0n) is 30.4. The molecule has 0 atom stereocenters. The quantitative estimate of drug-likeness (QED) is 0.163. The molecule has 286 valence electrons. The van der Waals surface area contributed by atoms with Crippen molar-refractivity contribution >= 4 is 23.2 Å². The van der Waals surface area contributed by atoms with Gasteiger partial charge in [-0.25, -0.2) is 8.78 Å². The van der Waals surface area contributed by atoms with Crippen molar-refractivity contribution in [2.75, 3.05) is 22.9 Å². The number of alkyl halides is 3. The number of carbonyl (C=O) groups is 2. The lowest BCUT2D eigenvalue weighted by Crippen LogP contribution is -2.32. The van der Waals surface area contributed by atoms with Crippen molar-refractivity contribution in [3.8, 4) is 50.3 Å². The number of aromatic nitrogens is 2. The normalized spacial score (nSPS) is 15.2. The van der Waals surface area contributed by atoms with Crippen LogP contribution >= 0.6 is 0 Å². The van der Waals surface area contributed by atoms with Gasteiger partial charge in [-0.05, 0) is 131 Å². The fourth-order valence-corrected chi connectivity index (χ4v) is 8.31. The number of hydrogen-bond acceptors (Lipinski definition) is 5. The summed E-state index contributed by atoms with van der Waals surface area (Å²) < 4.78 is 68.4. The number of rotatable bonds is 5. The van der Waals surface area contributed by atoms with Crippen LogP contribution in [0.4, 0.5) is 33.3 Å². The van der Waals surface area contributed by atoms with E-state index in [-0.39, 0.29) is 17.6 Å². The Morgan fingerprint density at radius 2 is 0.965 bits per heavy atom. The van der Waals surface area contributed by atoms with E-state index in [1.54, 1.807) is 36.9 Å². The largest absolute Gasteiger partial charge is 0.573 e. The molecule has 6 heterocycles. The molecule has 0 bridgehead atoms. The molecule has 0 spiro atoms. The van der Waals surface area contributed by atoms with E-state index in [1.807, 2.05) is 21.9 Å². The van der Waals surface area contributed by atoms with E-state index in [9.17, 15) is 31.5 Å². The summed E-state index contributed by atoms with van der Waals surface area (Å²) in [6, 6.07) is 22.0. The molecule has 0 N–H and O–H groups in total. The first-order valence-electron chi connectivity index (χ1n) is 18.6. The van der Waals surface area contributed by atoms with E-state index >= 15 is 0 Å². The SMILES string of the molecule is O=C1CCc2cc(-c3cncc(-c4ccc(F)c(F)c4)c3)cc3c2N1CC3.O=C1CCc2cc(-c3cncc(-c4cccc(OC(F)(F)F)c4)c3)cc3c2N1CC3. The third-order valence-corrected chi connectivity index (χ3v) is 10.9. The number of ether oxygens (including phenoxy) is 1. The van der Waals surface area contributed by atoms with Gasteiger partial charge in [-0.15, -0.1) is 13.2 Å². The molecule has 6 aromatic rings. The van der Waals surface area contributed by atoms with Gasteiger partial charge in [-0.2, -0.15) is 0 Å². The first kappa shape index (κ1) is 36.2. The highest BCUT2D eigenvalue weighted by molar-refractivity contribution is 6.00. The van der Waals surface area contributed by atoms with E-state index in [0.29, 0.717) is 29.5 Å².